The SMILES string of the molecule is CC(C)(C)c1cn[nH]n1.CC(C)(C)c1cnoc1.CC(C)(C)c1cnon1.CC(C)(C)c1cnsc1.CC(C)(C)c1nn[nH]n1.CC(C)(C)c1nnon1.CC(C)(C)n1cnnc1.CC(C)(C)n1cnnn1. The maximum atomic E-state index is 4.69. The smallest absolute Gasteiger partial charge is 0.201 e. The van der Waals surface area contributed by atoms with Gasteiger partial charge in [-0.2, -0.15) is 20.6 Å². The molecule has 8 heterocycles. The molecule has 0 radical (unpaired) electrons. The Morgan fingerprint density at radius 2 is 1.10 bits per heavy atom. The van der Waals surface area contributed by atoms with E-state index in [1.807, 2.05) is 73.1 Å². The van der Waals surface area contributed by atoms with Gasteiger partial charge in [0.1, 0.15) is 30.9 Å². The van der Waals surface area contributed by atoms with Crippen molar-refractivity contribution >= 4 is 11.5 Å². The van der Waals surface area contributed by atoms with Crippen molar-refractivity contribution in [3.63, 3.8) is 0 Å². The van der Waals surface area contributed by atoms with Crippen molar-refractivity contribution in [2.45, 2.75) is 210 Å². The molecule has 0 aliphatic carbocycles. The largest absolute Gasteiger partial charge is 0.364 e. The highest BCUT2D eigenvalue weighted by Gasteiger charge is 2.21. The number of hydrogen-bond donors (Lipinski definition) is 2. The van der Waals surface area contributed by atoms with Crippen LogP contribution in [0.4, 0.5) is 0 Å². The molecule has 0 saturated heterocycles. The van der Waals surface area contributed by atoms with Crippen LogP contribution in [-0.4, -0.2) is 106 Å². The minimum atomic E-state index is -0.0556. The Morgan fingerprint density at radius 1 is 0.500 bits per heavy atom. The maximum absolute atomic E-state index is 4.69. The van der Waals surface area contributed by atoms with Gasteiger partial charge >= 0.3 is 0 Å². The van der Waals surface area contributed by atoms with E-state index in [1.54, 1.807) is 48.5 Å². The highest BCUT2D eigenvalue weighted by molar-refractivity contribution is 7.03. The fraction of sp³-hybridized carbons (Fsp3) is 0.681. The lowest BCUT2D eigenvalue weighted by atomic mass is 9.90. The summed E-state index contributed by atoms with van der Waals surface area (Å²) in [5.74, 6) is 1.39. The number of hydrogen-bond acceptors (Lipinski definition) is 21. The first-order chi connectivity index (χ1) is 32.8. The summed E-state index contributed by atoms with van der Waals surface area (Å²) in [6, 6.07) is 0. The van der Waals surface area contributed by atoms with Crippen molar-refractivity contribution < 1.29 is 13.8 Å². The van der Waals surface area contributed by atoms with Gasteiger partial charge in [0, 0.05) is 44.3 Å². The van der Waals surface area contributed by atoms with Crippen molar-refractivity contribution in [1.29, 1.82) is 0 Å². The number of nitrogens with zero attached hydrogens (tertiary/aromatic N) is 19. The van der Waals surface area contributed by atoms with Crippen LogP contribution in [0.15, 0.2) is 69.2 Å². The van der Waals surface area contributed by atoms with Gasteiger partial charge in [-0.15, -0.1) is 25.5 Å². The number of rotatable bonds is 0. The van der Waals surface area contributed by atoms with Gasteiger partial charge in [0.05, 0.1) is 35.1 Å². The Kier molecular flexibility index (Phi) is 24.1. The van der Waals surface area contributed by atoms with E-state index in [-0.39, 0.29) is 43.6 Å². The Balaban J connectivity index is 0.000000411. The summed E-state index contributed by atoms with van der Waals surface area (Å²) in [6.45, 7) is 50.0. The zero-order valence-corrected chi connectivity index (χ0v) is 48.1. The van der Waals surface area contributed by atoms with Crippen molar-refractivity contribution in [3.8, 4) is 0 Å². The van der Waals surface area contributed by atoms with Crippen LogP contribution in [0.2, 0.25) is 0 Å². The number of aromatic nitrogens is 21. The van der Waals surface area contributed by atoms with Crippen LogP contribution in [0, 0.1) is 0 Å². The second kappa shape index (κ2) is 27.3. The lowest BCUT2D eigenvalue weighted by Gasteiger charge is -2.18. The number of H-pyrrole nitrogens is 2. The summed E-state index contributed by atoms with van der Waals surface area (Å²) in [5.41, 5.74) is 5.04. The third-order valence-corrected chi connectivity index (χ3v) is 9.71. The Morgan fingerprint density at radius 3 is 1.32 bits per heavy atom. The predicted octanol–water partition coefficient (Wildman–Crippen LogP) is 9.60. The van der Waals surface area contributed by atoms with Gasteiger partial charge in [-0.25, -0.2) is 18.3 Å². The zero-order chi connectivity index (χ0) is 55.2. The standard InChI is InChI=1S/C7H11NO.C7H11NS.2C6H11N3.C6H10N2O.2C5H10N4.C5H9N3O/c2*1-7(2,3)6-4-8-9-5-6;1-6(2,3)9-4-7-8-5-9;2*1-6(2,3)5-4-7-9-8-5;1-5(2,3)9-4-6-7-8-9;2*1-5(2,3)4-6-8-9-7-4/h3*4-5H,1-3H3;4H,1-3H3,(H,7,8,9);2*4H,1-3H3;1-3H3,(H,6,7,8,9);1-3H3. The van der Waals surface area contributed by atoms with Gasteiger partial charge < -0.3 is 9.09 Å². The fourth-order valence-corrected chi connectivity index (χ4v) is 4.89. The van der Waals surface area contributed by atoms with Crippen molar-refractivity contribution in [1.82, 2.24) is 106 Å². The molecule has 8 aromatic rings. The van der Waals surface area contributed by atoms with Crippen LogP contribution in [0.1, 0.15) is 200 Å². The molecule has 400 valence electrons. The van der Waals surface area contributed by atoms with E-state index >= 15 is 0 Å². The second-order valence-corrected chi connectivity index (χ2v) is 25.0. The number of nitrogens with one attached hydrogen (secondary N) is 2. The molecule has 0 aromatic carbocycles. The molecule has 8 rings (SSSR count). The molecule has 0 atom stereocenters. The molecule has 25 heteroatoms. The summed E-state index contributed by atoms with van der Waals surface area (Å²) in [6.07, 6.45) is 13.8. The van der Waals surface area contributed by atoms with E-state index < -0.39 is 0 Å². The lowest BCUT2D eigenvalue weighted by Crippen LogP contribution is -2.22. The molecule has 72 heavy (non-hydrogen) atoms. The van der Waals surface area contributed by atoms with Crippen LogP contribution in [0.5, 0.6) is 0 Å². The number of aromatic amines is 2. The van der Waals surface area contributed by atoms with E-state index in [4.69, 9.17) is 4.52 Å². The fourth-order valence-electron chi connectivity index (χ4n) is 4.12. The monoisotopic (exact) mass is 1020 g/mol. The molecule has 0 aliphatic rings. The molecule has 8 aromatic heterocycles. The Labute approximate surface area is 429 Å². The molecule has 24 nitrogen and oxygen atoms in total. The van der Waals surface area contributed by atoms with Gasteiger partial charge in [0.15, 0.2) is 5.82 Å². The summed E-state index contributed by atoms with van der Waals surface area (Å²) in [4.78, 5) is 0. The van der Waals surface area contributed by atoms with Crippen LogP contribution in [0.25, 0.3) is 0 Å². The quantitative estimate of drug-likeness (QED) is 0.143. The highest BCUT2D eigenvalue weighted by Crippen LogP contribution is 2.23. The summed E-state index contributed by atoms with van der Waals surface area (Å²) < 4.78 is 21.2. The summed E-state index contributed by atoms with van der Waals surface area (Å²) in [7, 11) is 0. The first-order valence-corrected chi connectivity index (χ1v) is 24.1. The molecule has 0 saturated carbocycles. The third-order valence-electron chi connectivity index (χ3n) is 9.13. The Hall–Kier alpha value is -6.53. The topological polar surface area (TPSA) is 300 Å². The minimum Gasteiger partial charge on any atom is -0.364 e. The van der Waals surface area contributed by atoms with E-state index in [0.717, 1.165) is 22.8 Å². The van der Waals surface area contributed by atoms with E-state index in [0.29, 0.717) is 5.82 Å². The second-order valence-electron chi connectivity index (χ2n) is 24.4. The van der Waals surface area contributed by atoms with Crippen molar-refractivity contribution in [3.05, 3.63) is 89.6 Å². The van der Waals surface area contributed by atoms with E-state index in [9.17, 15) is 0 Å². The van der Waals surface area contributed by atoms with Crippen molar-refractivity contribution in [2.24, 2.45) is 0 Å². The molecule has 0 bridgehead atoms. The summed E-state index contributed by atoms with van der Waals surface area (Å²) >= 11 is 1.52. The summed E-state index contributed by atoms with van der Waals surface area (Å²) in [5, 5.41) is 65.4. The average molecular weight is 1020 g/mol. The first kappa shape index (κ1) is 63.5. The van der Waals surface area contributed by atoms with Crippen molar-refractivity contribution in [2.75, 3.05) is 0 Å². The minimum absolute atomic E-state index is 0.00347. The van der Waals surface area contributed by atoms with Crippen LogP contribution in [0.3, 0.4) is 0 Å². The molecule has 0 fully saturated rings. The van der Waals surface area contributed by atoms with Gasteiger partial charge in [0.2, 0.25) is 5.82 Å². The van der Waals surface area contributed by atoms with E-state index in [2.05, 4.69) is 216 Å². The molecular weight excluding hydrogens is 939 g/mol. The molecule has 0 spiro atoms. The van der Waals surface area contributed by atoms with Gasteiger partial charge in [0.25, 0.3) is 0 Å². The molecule has 0 amide bonds. The highest BCUT2D eigenvalue weighted by atomic mass is 32.1. The lowest BCUT2D eigenvalue weighted by molar-refractivity contribution is 0.287. The van der Waals surface area contributed by atoms with Gasteiger partial charge in [-0.05, 0) is 85.1 Å². The molecular formula is C47H83N21O3S. The van der Waals surface area contributed by atoms with E-state index in [1.165, 1.54) is 17.1 Å². The van der Waals surface area contributed by atoms with Gasteiger partial charge in [-0.3, -0.25) is 0 Å². The first-order valence-electron chi connectivity index (χ1n) is 23.3. The van der Waals surface area contributed by atoms with Crippen LogP contribution < -0.4 is 0 Å². The number of tetrazole rings is 2. The van der Waals surface area contributed by atoms with Crippen LogP contribution in [-0.2, 0) is 43.6 Å². The third kappa shape index (κ3) is 26.1. The molecule has 0 aliphatic heterocycles. The maximum Gasteiger partial charge on any atom is 0.201 e. The molecule has 0 unspecified atom stereocenters. The zero-order valence-electron chi connectivity index (χ0n) is 47.3. The van der Waals surface area contributed by atoms with Crippen LogP contribution >= 0.6 is 11.5 Å². The normalized spacial score (nSPS) is 11.9. The molecule has 2 N–H and O–H groups in total. The average Bonchev–Trinajstić information content (AvgIpc) is 4.13. The van der Waals surface area contributed by atoms with Gasteiger partial charge in [-0.1, -0.05) is 150 Å². The Bertz CT molecular complexity index is 1920. The predicted molar refractivity (Wildman–Crippen MR) is 276 cm³/mol.